The highest BCUT2D eigenvalue weighted by Crippen LogP contribution is 2.27. The van der Waals surface area contributed by atoms with Gasteiger partial charge in [-0.1, -0.05) is 36.4 Å². The highest BCUT2D eigenvalue weighted by Gasteiger charge is 2.06. The van der Waals surface area contributed by atoms with Gasteiger partial charge in [0.25, 0.3) is 0 Å². The average Bonchev–Trinajstić information content (AvgIpc) is 2.60. The Hall–Kier alpha value is -2.75. The van der Waals surface area contributed by atoms with Crippen LogP contribution >= 0.6 is 0 Å². The van der Waals surface area contributed by atoms with Crippen LogP contribution < -0.4 is 14.8 Å². The van der Waals surface area contributed by atoms with E-state index in [-0.39, 0.29) is 11.9 Å². The number of carbonyl (C=O) groups is 1. The van der Waals surface area contributed by atoms with Gasteiger partial charge in [0, 0.05) is 12.1 Å². The lowest BCUT2D eigenvalue weighted by molar-refractivity contribution is -0.117. The van der Waals surface area contributed by atoms with Crippen LogP contribution in [0.3, 0.4) is 0 Å². The highest BCUT2D eigenvalue weighted by atomic mass is 16.5. The molecule has 0 aromatic heterocycles. The number of methoxy groups -OCH3 is 2. The summed E-state index contributed by atoms with van der Waals surface area (Å²) < 4.78 is 10.5. The number of rotatable bonds is 7. The molecule has 1 N–H and O–H groups in total. The van der Waals surface area contributed by atoms with Gasteiger partial charge in [-0.2, -0.15) is 0 Å². The van der Waals surface area contributed by atoms with E-state index in [1.165, 1.54) is 11.6 Å². The third kappa shape index (κ3) is 5.16. The van der Waals surface area contributed by atoms with Crippen molar-refractivity contribution in [3.8, 4) is 11.5 Å². The number of amides is 1. The average molecular weight is 325 g/mol. The minimum absolute atomic E-state index is 0.0648. The maximum atomic E-state index is 12.0. The van der Waals surface area contributed by atoms with E-state index in [1.807, 2.05) is 43.3 Å². The third-order valence-electron chi connectivity index (χ3n) is 3.61. The van der Waals surface area contributed by atoms with Crippen molar-refractivity contribution in [3.05, 3.63) is 65.7 Å². The molecule has 0 radical (unpaired) electrons. The van der Waals surface area contributed by atoms with Gasteiger partial charge in [-0.25, -0.2) is 0 Å². The Morgan fingerprint density at radius 3 is 2.46 bits per heavy atom. The highest BCUT2D eigenvalue weighted by molar-refractivity contribution is 5.92. The van der Waals surface area contributed by atoms with Crippen LogP contribution in [-0.4, -0.2) is 26.2 Å². The van der Waals surface area contributed by atoms with Crippen LogP contribution in [0.25, 0.3) is 6.08 Å². The lowest BCUT2D eigenvalue weighted by Gasteiger charge is -2.12. The molecule has 2 aromatic rings. The van der Waals surface area contributed by atoms with Gasteiger partial charge in [0.1, 0.15) is 0 Å². The van der Waals surface area contributed by atoms with Crippen molar-refractivity contribution >= 4 is 12.0 Å². The molecular formula is C20H23NO3. The summed E-state index contributed by atoms with van der Waals surface area (Å²) in [6, 6.07) is 15.7. The molecule has 0 spiro atoms. The molecule has 0 aliphatic heterocycles. The van der Waals surface area contributed by atoms with E-state index in [0.717, 1.165) is 12.0 Å². The molecule has 1 atom stereocenters. The Labute approximate surface area is 143 Å². The molecule has 2 aromatic carbocycles. The van der Waals surface area contributed by atoms with Crippen LogP contribution in [0.15, 0.2) is 54.6 Å². The first-order chi connectivity index (χ1) is 11.6. The zero-order chi connectivity index (χ0) is 17.4. The predicted octanol–water partition coefficient (Wildman–Crippen LogP) is 3.46. The van der Waals surface area contributed by atoms with Crippen molar-refractivity contribution in [1.29, 1.82) is 0 Å². The molecule has 2 rings (SSSR count). The number of carbonyl (C=O) groups excluding carboxylic acids is 1. The molecule has 0 unspecified atom stereocenters. The van der Waals surface area contributed by atoms with E-state index >= 15 is 0 Å². The topological polar surface area (TPSA) is 47.6 Å². The fourth-order valence-electron chi connectivity index (χ4n) is 2.44. The first-order valence-electron chi connectivity index (χ1n) is 7.87. The van der Waals surface area contributed by atoms with Gasteiger partial charge in [-0.15, -0.1) is 0 Å². The Bertz CT molecular complexity index is 695. The lowest BCUT2D eigenvalue weighted by Crippen LogP contribution is -2.32. The predicted molar refractivity (Wildman–Crippen MR) is 96.3 cm³/mol. The van der Waals surface area contributed by atoms with E-state index in [9.17, 15) is 4.79 Å². The normalized spacial score (nSPS) is 12.0. The van der Waals surface area contributed by atoms with Gasteiger partial charge >= 0.3 is 0 Å². The van der Waals surface area contributed by atoms with Gasteiger partial charge in [-0.3, -0.25) is 4.79 Å². The minimum atomic E-state index is -0.117. The smallest absolute Gasteiger partial charge is 0.244 e. The summed E-state index contributed by atoms with van der Waals surface area (Å²) in [6.45, 7) is 2.00. The summed E-state index contributed by atoms with van der Waals surface area (Å²) >= 11 is 0. The van der Waals surface area contributed by atoms with Crippen LogP contribution in [0.2, 0.25) is 0 Å². The molecule has 4 heteroatoms. The number of benzene rings is 2. The Morgan fingerprint density at radius 2 is 1.79 bits per heavy atom. The molecule has 126 valence electrons. The van der Waals surface area contributed by atoms with Crippen LogP contribution in [0, 0.1) is 0 Å². The molecule has 0 aliphatic rings. The van der Waals surface area contributed by atoms with Crippen LogP contribution in [0.4, 0.5) is 0 Å². The second kappa shape index (κ2) is 8.77. The van der Waals surface area contributed by atoms with Gasteiger partial charge < -0.3 is 14.8 Å². The molecule has 4 nitrogen and oxygen atoms in total. The fourth-order valence-corrected chi connectivity index (χ4v) is 2.44. The maximum Gasteiger partial charge on any atom is 0.244 e. The minimum Gasteiger partial charge on any atom is -0.493 e. The molecule has 0 saturated heterocycles. The number of hydrogen-bond acceptors (Lipinski definition) is 3. The molecule has 0 heterocycles. The summed E-state index contributed by atoms with van der Waals surface area (Å²) in [5.41, 5.74) is 2.08. The van der Waals surface area contributed by atoms with E-state index in [1.54, 1.807) is 20.3 Å². The summed E-state index contributed by atoms with van der Waals surface area (Å²) in [4.78, 5) is 12.0. The van der Waals surface area contributed by atoms with Crippen LogP contribution in [0.5, 0.6) is 11.5 Å². The van der Waals surface area contributed by atoms with Gasteiger partial charge in [-0.05, 0) is 42.7 Å². The molecule has 24 heavy (non-hydrogen) atoms. The van der Waals surface area contributed by atoms with E-state index in [4.69, 9.17) is 9.47 Å². The first kappa shape index (κ1) is 17.6. The molecule has 0 fully saturated rings. The monoisotopic (exact) mass is 325 g/mol. The largest absolute Gasteiger partial charge is 0.493 e. The van der Waals surface area contributed by atoms with E-state index in [0.29, 0.717) is 11.5 Å². The van der Waals surface area contributed by atoms with Gasteiger partial charge in [0.05, 0.1) is 14.2 Å². The quantitative estimate of drug-likeness (QED) is 0.793. The maximum absolute atomic E-state index is 12.0. The van der Waals surface area contributed by atoms with Crippen molar-refractivity contribution in [3.63, 3.8) is 0 Å². The van der Waals surface area contributed by atoms with Crippen molar-refractivity contribution in [2.45, 2.75) is 19.4 Å². The van der Waals surface area contributed by atoms with Crippen molar-refractivity contribution in [2.75, 3.05) is 14.2 Å². The molecule has 0 aliphatic carbocycles. The summed E-state index contributed by atoms with van der Waals surface area (Å²) in [6.07, 6.45) is 4.09. The number of hydrogen-bond donors (Lipinski definition) is 1. The Balaban J connectivity index is 1.92. The van der Waals surface area contributed by atoms with Crippen molar-refractivity contribution < 1.29 is 14.3 Å². The fraction of sp³-hybridized carbons (Fsp3) is 0.250. The SMILES string of the molecule is COc1ccc(/C=C\C(=O)N[C@H](C)Cc2ccccc2)cc1OC. The lowest BCUT2D eigenvalue weighted by atomic mass is 10.1. The Kier molecular flexibility index (Phi) is 6.43. The zero-order valence-corrected chi connectivity index (χ0v) is 14.3. The molecule has 1 amide bonds. The summed E-state index contributed by atoms with van der Waals surface area (Å²) in [7, 11) is 3.18. The van der Waals surface area contributed by atoms with Gasteiger partial charge in [0.15, 0.2) is 11.5 Å². The first-order valence-corrected chi connectivity index (χ1v) is 7.87. The van der Waals surface area contributed by atoms with Crippen molar-refractivity contribution in [1.82, 2.24) is 5.32 Å². The molecule has 0 bridgehead atoms. The van der Waals surface area contributed by atoms with E-state index in [2.05, 4.69) is 17.4 Å². The number of ether oxygens (including phenoxy) is 2. The van der Waals surface area contributed by atoms with E-state index < -0.39 is 0 Å². The van der Waals surface area contributed by atoms with Crippen LogP contribution in [-0.2, 0) is 11.2 Å². The van der Waals surface area contributed by atoms with Gasteiger partial charge in [0.2, 0.25) is 5.91 Å². The number of nitrogens with one attached hydrogen (secondary N) is 1. The third-order valence-corrected chi connectivity index (χ3v) is 3.61. The standard InChI is InChI=1S/C20H23NO3/c1-15(13-16-7-5-4-6-8-16)21-20(22)12-10-17-9-11-18(23-2)19(14-17)24-3/h4-12,14-15H,13H2,1-3H3,(H,21,22)/b12-10-/t15-/m1/s1. The molecular weight excluding hydrogens is 302 g/mol. The molecule has 0 saturated carbocycles. The second-order valence-electron chi connectivity index (χ2n) is 5.55. The Morgan fingerprint density at radius 1 is 1.08 bits per heavy atom. The summed E-state index contributed by atoms with van der Waals surface area (Å²) in [5, 5.41) is 2.97. The van der Waals surface area contributed by atoms with Crippen LogP contribution in [0.1, 0.15) is 18.1 Å². The van der Waals surface area contributed by atoms with Crippen molar-refractivity contribution in [2.24, 2.45) is 0 Å². The zero-order valence-electron chi connectivity index (χ0n) is 14.3. The second-order valence-corrected chi connectivity index (χ2v) is 5.55. The summed E-state index contributed by atoms with van der Waals surface area (Å²) in [5.74, 6) is 1.18.